The van der Waals surface area contributed by atoms with Crippen molar-refractivity contribution in [3.05, 3.63) is 65.2 Å². The van der Waals surface area contributed by atoms with E-state index in [4.69, 9.17) is 0 Å². The molecule has 104 valence electrons. The predicted octanol–water partition coefficient (Wildman–Crippen LogP) is 4.30. The highest BCUT2D eigenvalue weighted by Gasteiger charge is 2.05. The summed E-state index contributed by atoms with van der Waals surface area (Å²) in [5, 5.41) is 2.96. The molecule has 20 heavy (non-hydrogen) atoms. The quantitative estimate of drug-likeness (QED) is 0.879. The van der Waals surface area contributed by atoms with Gasteiger partial charge in [0.25, 0.3) is 0 Å². The van der Waals surface area contributed by atoms with Crippen molar-refractivity contribution < 1.29 is 4.79 Å². The van der Waals surface area contributed by atoms with E-state index in [-0.39, 0.29) is 5.91 Å². The Kier molecular flexibility index (Phi) is 4.57. The van der Waals surface area contributed by atoms with Crippen molar-refractivity contribution in [2.75, 3.05) is 5.32 Å². The SMILES string of the molecule is Cc1ccc(CC(=O)Nc2cccc(C(C)C)c2)cc1. The van der Waals surface area contributed by atoms with Crippen LogP contribution in [0, 0.1) is 6.92 Å². The Morgan fingerprint density at radius 1 is 1.10 bits per heavy atom. The molecule has 0 radical (unpaired) electrons. The molecular formula is C18H21NO. The third-order valence-corrected chi connectivity index (χ3v) is 3.32. The summed E-state index contributed by atoms with van der Waals surface area (Å²) in [6.45, 7) is 6.34. The van der Waals surface area contributed by atoms with Crippen molar-refractivity contribution in [2.45, 2.75) is 33.1 Å². The maximum absolute atomic E-state index is 12.0. The molecule has 0 saturated carbocycles. The van der Waals surface area contributed by atoms with E-state index in [2.05, 4.69) is 25.2 Å². The van der Waals surface area contributed by atoms with Crippen LogP contribution in [0.2, 0.25) is 0 Å². The van der Waals surface area contributed by atoms with E-state index in [1.54, 1.807) is 0 Å². The number of rotatable bonds is 4. The molecule has 0 heterocycles. The smallest absolute Gasteiger partial charge is 0.228 e. The molecular weight excluding hydrogens is 246 g/mol. The van der Waals surface area contributed by atoms with Crippen LogP contribution in [0.4, 0.5) is 5.69 Å². The van der Waals surface area contributed by atoms with Gasteiger partial charge in [0.15, 0.2) is 0 Å². The van der Waals surface area contributed by atoms with E-state index in [9.17, 15) is 4.79 Å². The van der Waals surface area contributed by atoms with E-state index in [1.165, 1.54) is 11.1 Å². The molecule has 2 aromatic carbocycles. The van der Waals surface area contributed by atoms with Gasteiger partial charge in [0, 0.05) is 5.69 Å². The lowest BCUT2D eigenvalue weighted by molar-refractivity contribution is -0.115. The zero-order chi connectivity index (χ0) is 14.5. The van der Waals surface area contributed by atoms with E-state index >= 15 is 0 Å². The van der Waals surface area contributed by atoms with E-state index < -0.39 is 0 Å². The molecule has 1 N–H and O–H groups in total. The van der Waals surface area contributed by atoms with Crippen LogP contribution in [0.1, 0.15) is 36.5 Å². The maximum atomic E-state index is 12.0. The van der Waals surface area contributed by atoms with Crippen LogP contribution in [0.5, 0.6) is 0 Å². The van der Waals surface area contributed by atoms with Gasteiger partial charge in [-0.1, -0.05) is 55.8 Å². The van der Waals surface area contributed by atoms with Crippen molar-refractivity contribution in [2.24, 2.45) is 0 Å². The average Bonchev–Trinajstić information content (AvgIpc) is 2.41. The number of hydrogen-bond acceptors (Lipinski definition) is 1. The third kappa shape index (κ3) is 3.95. The molecule has 0 atom stereocenters. The molecule has 2 heteroatoms. The Labute approximate surface area is 120 Å². The summed E-state index contributed by atoms with van der Waals surface area (Å²) in [7, 11) is 0. The van der Waals surface area contributed by atoms with Gasteiger partial charge in [0.1, 0.15) is 0 Å². The van der Waals surface area contributed by atoms with Crippen molar-refractivity contribution in [1.82, 2.24) is 0 Å². The fourth-order valence-electron chi connectivity index (χ4n) is 2.07. The normalized spacial score (nSPS) is 10.6. The van der Waals surface area contributed by atoms with Gasteiger partial charge in [-0.15, -0.1) is 0 Å². The highest BCUT2D eigenvalue weighted by molar-refractivity contribution is 5.92. The summed E-state index contributed by atoms with van der Waals surface area (Å²) in [6, 6.07) is 16.1. The molecule has 0 aliphatic carbocycles. The number of aryl methyl sites for hydroxylation is 1. The summed E-state index contributed by atoms with van der Waals surface area (Å²) < 4.78 is 0. The van der Waals surface area contributed by atoms with Crippen LogP contribution < -0.4 is 5.32 Å². The van der Waals surface area contributed by atoms with Gasteiger partial charge >= 0.3 is 0 Å². The number of carbonyl (C=O) groups excluding carboxylic acids is 1. The largest absolute Gasteiger partial charge is 0.326 e. The molecule has 0 spiro atoms. The third-order valence-electron chi connectivity index (χ3n) is 3.32. The highest BCUT2D eigenvalue weighted by Crippen LogP contribution is 2.18. The van der Waals surface area contributed by atoms with Gasteiger partial charge in [-0.05, 0) is 36.1 Å². The number of amides is 1. The zero-order valence-corrected chi connectivity index (χ0v) is 12.3. The molecule has 0 aliphatic heterocycles. The van der Waals surface area contributed by atoms with Crippen molar-refractivity contribution in [3.63, 3.8) is 0 Å². The average molecular weight is 267 g/mol. The Bertz CT molecular complexity index is 585. The van der Waals surface area contributed by atoms with Crippen LogP contribution in [0.3, 0.4) is 0 Å². The fourth-order valence-corrected chi connectivity index (χ4v) is 2.07. The number of hydrogen-bond donors (Lipinski definition) is 1. The lowest BCUT2D eigenvalue weighted by Gasteiger charge is -2.09. The predicted molar refractivity (Wildman–Crippen MR) is 84.0 cm³/mol. The van der Waals surface area contributed by atoms with Crippen LogP contribution in [0.25, 0.3) is 0 Å². The molecule has 2 rings (SSSR count). The van der Waals surface area contributed by atoms with Crippen molar-refractivity contribution in [3.8, 4) is 0 Å². The molecule has 0 saturated heterocycles. The fraction of sp³-hybridized carbons (Fsp3) is 0.278. The first-order valence-corrected chi connectivity index (χ1v) is 7.00. The summed E-state index contributed by atoms with van der Waals surface area (Å²) in [6.07, 6.45) is 0.409. The lowest BCUT2D eigenvalue weighted by Crippen LogP contribution is -2.14. The van der Waals surface area contributed by atoms with Crippen LogP contribution in [0.15, 0.2) is 48.5 Å². The Balaban J connectivity index is 2.01. The molecule has 0 bridgehead atoms. The van der Waals surface area contributed by atoms with Gasteiger partial charge in [-0.25, -0.2) is 0 Å². The number of nitrogens with one attached hydrogen (secondary N) is 1. The number of anilines is 1. The first-order valence-electron chi connectivity index (χ1n) is 7.00. The van der Waals surface area contributed by atoms with Crippen molar-refractivity contribution >= 4 is 11.6 Å². The second kappa shape index (κ2) is 6.38. The Morgan fingerprint density at radius 3 is 2.45 bits per heavy atom. The van der Waals surface area contributed by atoms with E-state index in [0.717, 1.165) is 11.3 Å². The van der Waals surface area contributed by atoms with E-state index in [1.807, 2.05) is 49.4 Å². The number of benzene rings is 2. The van der Waals surface area contributed by atoms with Crippen molar-refractivity contribution in [1.29, 1.82) is 0 Å². The molecule has 0 aromatic heterocycles. The summed E-state index contributed by atoms with van der Waals surface area (Å²) in [5.74, 6) is 0.485. The van der Waals surface area contributed by atoms with Gasteiger partial charge in [0.2, 0.25) is 5.91 Å². The second-order valence-corrected chi connectivity index (χ2v) is 5.49. The van der Waals surface area contributed by atoms with Crippen LogP contribution in [-0.2, 0) is 11.2 Å². The Morgan fingerprint density at radius 2 is 1.80 bits per heavy atom. The minimum absolute atomic E-state index is 0.0229. The molecule has 2 nitrogen and oxygen atoms in total. The Hall–Kier alpha value is -2.09. The van der Waals surface area contributed by atoms with Gasteiger partial charge in [-0.3, -0.25) is 4.79 Å². The molecule has 0 aliphatic rings. The summed E-state index contributed by atoms with van der Waals surface area (Å²) in [4.78, 5) is 12.0. The monoisotopic (exact) mass is 267 g/mol. The standard InChI is InChI=1S/C18H21NO/c1-13(2)16-5-4-6-17(12-16)19-18(20)11-15-9-7-14(3)8-10-15/h4-10,12-13H,11H2,1-3H3,(H,19,20). The highest BCUT2D eigenvalue weighted by atomic mass is 16.1. The lowest BCUT2D eigenvalue weighted by atomic mass is 10.0. The van der Waals surface area contributed by atoms with E-state index in [0.29, 0.717) is 12.3 Å². The topological polar surface area (TPSA) is 29.1 Å². The second-order valence-electron chi connectivity index (χ2n) is 5.49. The first-order chi connectivity index (χ1) is 9.54. The molecule has 1 amide bonds. The number of carbonyl (C=O) groups is 1. The van der Waals surface area contributed by atoms with Gasteiger partial charge in [-0.2, -0.15) is 0 Å². The van der Waals surface area contributed by atoms with Crippen LogP contribution >= 0.6 is 0 Å². The summed E-state index contributed by atoms with van der Waals surface area (Å²) in [5.41, 5.74) is 4.35. The van der Waals surface area contributed by atoms with Gasteiger partial charge < -0.3 is 5.32 Å². The van der Waals surface area contributed by atoms with Crippen LogP contribution in [-0.4, -0.2) is 5.91 Å². The van der Waals surface area contributed by atoms with Gasteiger partial charge in [0.05, 0.1) is 6.42 Å². The minimum Gasteiger partial charge on any atom is -0.326 e. The molecule has 0 unspecified atom stereocenters. The first kappa shape index (κ1) is 14.3. The molecule has 0 fully saturated rings. The molecule has 2 aromatic rings. The summed E-state index contributed by atoms with van der Waals surface area (Å²) >= 11 is 0. The maximum Gasteiger partial charge on any atom is 0.228 e. The zero-order valence-electron chi connectivity index (χ0n) is 12.3. The minimum atomic E-state index is 0.0229.